The van der Waals surface area contributed by atoms with Gasteiger partial charge in [0.05, 0.1) is 36.3 Å². The maximum Gasteiger partial charge on any atom is 0.328 e. The number of piperazine rings is 1. The fourth-order valence-corrected chi connectivity index (χ4v) is 4.77. The summed E-state index contributed by atoms with van der Waals surface area (Å²) in [5.74, 6) is 0.692. The number of fused-ring (bicyclic) bond motifs is 1. The molecule has 9 heteroatoms. The number of carbonyl (C=O) groups is 1. The van der Waals surface area contributed by atoms with E-state index in [2.05, 4.69) is 9.88 Å². The fraction of sp³-hybridized carbons (Fsp3) is 0.400. The van der Waals surface area contributed by atoms with Crippen LogP contribution in [0.25, 0.3) is 10.9 Å². The lowest BCUT2D eigenvalue weighted by Gasteiger charge is -2.36. The number of hydrogen-bond acceptors (Lipinski definition) is 6. The Labute approximate surface area is 196 Å². The van der Waals surface area contributed by atoms with E-state index in [1.165, 1.54) is 4.57 Å². The van der Waals surface area contributed by atoms with Crippen molar-refractivity contribution < 1.29 is 14.3 Å². The third-order valence-electron chi connectivity index (χ3n) is 6.63. The van der Waals surface area contributed by atoms with Crippen molar-refractivity contribution >= 4 is 22.5 Å². The lowest BCUT2D eigenvalue weighted by atomic mass is 10.1. The number of carbonyl (C=O) groups excluding carboxylic acids is 1. The summed E-state index contributed by atoms with van der Waals surface area (Å²) in [6.07, 6.45) is 1.65. The molecule has 2 aliphatic rings. The molecule has 2 aromatic carbocycles. The van der Waals surface area contributed by atoms with Crippen LogP contribution in [0.2, 0.25) is 0 Å². The summed E-state index contributed by atoms with van der Waals surface area (Å²) in [6.45, 7) is 3.39. The average molecular weight is 465 g/mol. The summed E-state index contributed by atoms with van der Waals surface area (Å²) in [7, 11) is 1.65. The number of amides is 1. The second-order valence-electron chi connectivity index (χ2n) is 8.69. The van der Waals surface area contributed by atoms with E-state index in [0.717, 1.165) is 24.3 Å². The summed E-state index contributed by atoms with van der Waals surface area (Å²) in [5, 5.41) is 0.384. The van der Waals surface area contributed by atoms with E-state index < -0.39 is 5.69 Å². The number of methoxy groups -OCH3 is 1. The van der Waals surface area contributed by atoms with Crippen LogP contribution in [0.3, 0.4) is 0 Å². The lowest BCUT2D eigenvalue weighted by molar-refractivity contribution is 0.0747. The van der Waals surface area contributed by atoms with E-state index in [9.17, 15) is 14.4 Å². The van der Waals surface area contributed by atoms with Crippen molar-refractivity contribution in [1.29, 1.82) is 0 Å². The van der Waals surface area contributed by atoms with Gasteiger partial charge in [0.2, 0.25) is 0 Å². The number of anilines is 1. The number of nitrogens with one attached hydrogen (secondary N) is 1. The van der Waals surface area contributed by atoms with Crippen LogP contribution in [-0.4, -0.2) is 66.4 Å². The number of para-hydroxylation sites is 2. The van der Waals surface area contributed by atoms with Crippen LogP contribution in [0.5, 0.6) is 5.75 Å². The normalized spacial score (nSPS) is 18.4. The maximum absolute atomic E-state index is 13.2. The summed E-state index contributed by atoms with van der Waals surface area (Å²) in [4.78, 5) is 45.4. The average Bonchev–Trinajstić information content (AvgIpc) is 3.39. The molecule has 5 rings (SSSR count). The fourth-order valence-electron chi connectivity index (χ4n) is 4.77. The van der Waals surface area contributed by atoms with Crippen LogP contribution in [-0.2, 0) is 11.3 Å². The van der Waals surface area contributed by atoms with Gasteiger partial charge in [0.15, 0.2) is 0 Å². The van der Waals surface area contributed by atoms with E-state index >= 15 is 0 Å². The lowest BCUT2D eigenvalue weighted by Crippen LogP contribution is -2.48. The second-order valence-corrected chi connectivity index (χ2v) is 8.69. The zero-order valence-electron chi connectivity index (χ0n) is 19.2. The minimum atomic E-state index is -0.483. The number of H-pyrrole nitrogens is 1. The summed E-state index contributed by atoms with van der Waals surface area (Å²) < 4.78 is 12.2. The first kappa shape index (κ1) is 22.2. The molecule has 0 radical (unpaired) electrons. The van der Waals surface area contributed by atoms with E-state index in [4.69, 9.17) is 9.47 Å². The van der Waals surface area contributed by atoms with Gasteiger partial charge in [0, 0.05) is 38.3 Å². The molecule has 2 aliphatic heterocycles. The van der Waals surface area contributed by atoms with Gasteiger partial charge in [-0.1, -0.05) is 12.1 Å². The zero-order valence-corrected chi connectivity index (χ0v) is 19.2. The van der Waals surface area contributed by atoms with Crippen molar-refractivity contribution in [2.45, 2.75) is 25.5 Å². The molecule has 0 spiro atoms. The minimum absolute atomic E-state index is 0.119. The minimum Gasteiger partial charge on any atom is -0.495 e. The van der Waals surface area contributed by atoms with Gasteiger partial charge < -0.3 is 24.3 Å². The molecule has 1 atom stereocenters. The third kappa shape index (κ3) is 4.19. The molecule has 3 heterocycles. The molecule has 2 fully saturated rings. The standard InChI is InChI=1S/C25H28N4O5/c1-33-22-7-3-2-6-21(22)27-10-12-28(13-11-27)23(30)17-8-9-19-20(15-17)26-25(32)29(24(19)31)16-18-5-4-14-34-18/h2-3,6-9,15,18H,4-5,10-14,16H2,1H3,(H,26,32)/t18-/m1/s1. The van der Waals surface area contributed by atoms with Crippen molar-refractivity contribution in [1.82, 2.24) is 14.5 Å². The van der Waals surface area contributed by atoms with Crippen LogP contribution >= 0.6 is 0 Å². The third-order valence-corrected chi connectivity index (χ3v) is 6.63. The van der Waals surface area contributed by atoms with Crippen LogP contribution in [0.1, 0.15) is 23.2 Å². The second kappa shape index (κ2) is 9.34. The van der Waals surface area contributed by atoms with Crippen molar-refractivity contribution in [2.75, 3.05) is 44.8 Å². The quantitative estimate of drug-likeness (QED) is 0.619. The molecule has 178 valence electrons. The largest absolute Gasteiger partial charge is 0.495 e. The predicted molar refractivity (Wildman–Crippen MR) is 129 cm³/mol. The number of aromatic nitrogens is 2. The number of nitrogens with zero attached hydrogens (tertiary/aromatic N) is 3. The number of ether oxygens (including phenoxy) is 2. The molecule has 34 heavy (non-hydrogen) atoms. The first-order valence-electron chi connectivity index (χ1n) is 11.6. The van der Waals surface area contributed by atoms with Crippen LogP contribution in [0, 0.1) is 0 Å². The van der Waals surface area contributed by atoms with Crippen molar-refractivity contribution in [3.8, 4) is 5.75 Å². The Morgan fingerprint density at radius 3 is 2.65 bits per heavy atom. The van der Waals surface area contributed by atoms with Gasteiger partial charge in [0.25, 0.3) is 11.5 Å². The molecule has 0 bridgehead atoms. The highest BCUT2D eigenvalue weighted by atomic mass is 16.5. The molecule has 9 nitrogen and oxygen atoms in total. The highest BCUT2D eigenvalue weighted by molar-refractivity contribution is 5.97. The predicted octanol–water partition coefficient (Wildman–Crippen LogP) is 1.84. The maximum atomic E-state index is 13.2. The van der Waals surface area contributed by atoms with Crippen LogP contribution in [0.4, 0.5) is 5.69 Å². The molecule has 1 aromatic heterocycles. The zero-order chi connectivity index (χ0) is 23.7. The van der Waals surface area contributed by atoms with Crippen molar-refractivity contribution in [2.24, 2.45) is 0 Å². The summed E-state index contributed by atoms with van der Waals surface area (Å²) >= 11 is 0. The van der Waals surface area contributed by atoms with Gasteiger partial charge in [-0.25, -0.2) is 4.79 Å². The molecule has 0 saturated carbocycles. The molecule has 0 aliphatic carbocycles. The highest BCUT2D eigenvalue weighted by Gasteiger charge is 2.24. The Kier molecular flexibility index (Phi) is 6.10. The molecule has 3 aromatic rings. The summed E-state index contributed by atoms with van der Waals surface area (Å²) in [5.41, 5.74) is 0.989. The molecular formula is C25H28N4O5. The van der Waals surface area contributed by atoms with Gasteiger partial charge >= 0.3 is 5.69 Å². The molecular weight excluding hydrogens is 436 g/mol. The summed E-state index contributed by atoms with van der Waals surface area (Å²) in [6, 6.07) is 12.7. The molecule has 0 unspecified atom stereocenters. The first-order valence-corrected chi connectivity index (χ1v) is 11.6. The highest BCUT2D eigenvalue weighted by Crippen LogP contribution is 2.28. The number of rotatable bonds is 5. The van der Waals surface area contributed by atoms with E-state index in [1.54, 1.807) is 30.2 Å². The number of hydrogen-bond donors (Lipinski definition) is 1. The molecule has 1 N–H and O–H groups in total. The van der Waals surface area contributed by atoms with Gasteiger partial charge in [0.1, 0.15) is 5.75 Å². The molecule has 2 saturated heterocycles. The molecule has 1 amide bonds. The number of aromatic amines is 1. The van der Waals surface area contributed by atoms with Gasteiger partial charge in [-0.15, -0.1) is 0 Å². The Bertz CT molecular complexity index is 1320. The van der Waals surface area contributed by atoms with Crippen LogP contribution in [0.15, 0.2) is 52.1 Å². The van der Waals surface area contributed by atoms with Crippen LogP contribution < -0.4 is 20.9 Å². The Morgan fingerprint density at radius 1 is 1.12 bits per heavy atom. The van der Waals surface area contributed by atoms with E-state index in [0.29, 0.717) is 49.3 Å². The number of benzene rings is 2. The van der Waals surface area contributed by atoms with E-state index in [-0.39, 0.29) is 24.1 Å². The smallest absolute Gasteiger partial charge is 0.328 e. The Hall–Kier alpha value is -3.59. The van der Waals surface area contributed by atoms with Gasteiger partial charge in [-0.3, -0.25) is 14.2 Å². The van der Waals surface area contributed by atoms with E-state index in [1.807, 2.05) is 24.3 Å². The topological polar surface area (TPSA) is 96.9 Å². The Morgan fingerprint density at radius 2 is 1.91 bits per heavy atom. The van der Waals surface area contributed by atoms with Crippen molar-refractivity contribution in [3.63, 3.8) is 0 Å². The van der Waals surface area contributed by atoms with Gasteiger partial charge in [-0.2, -0.15) is 0 Å². The van der Waals surface area contributed by atoms with Gasteiger partial charge in [-0.05, 0) is 43.2 Å². The monoisotopic (exact) mass is 464 g/mol. The van der Waals surface area contributed by atoms with Crippen molar-refractivity contribution in [3.05, 3.63) is 68.9 Å². The first-order chi connectivity index (χ1) is 16.5. The SMILES string of the molecule is COc1ccccc1N1CCN(C(=O)c2ccc3c(=O)n(C[C@H]4CCCO4)c(=O)[nH]c3c2)CC1. The Balaban J connectivity index is 1.33.